The first-order valence-corrected chi connectivity index (χ1v) is 8.33. The maximum Gasteiger partial charge on any atom is 0.259 e. The summed E-state index contributed by atoms with van der Waals surface area (Å²) in [7, 11) is 0. The molecule has 1 aliphatic rings. The third kappa shape index (κ3) is 3.55. The van der Waals surface area contributed by atoms with Crippen LogP contribution in [0.15, 0.2) is 16.9 Å². The molecule has 0 aliphatic carbocycles. The number of anilines is 1. The third-order valence-electron chi connectivity index (χ3n) is 4.61. The SMILES string of the molecule is Cc1noc(C)c1C(=O)N1CCC[C@H](Cc2cnc(N)cn2)CC1. The number of nitrogens with two attached hydrogens (primary N) is 1. The molecule has 0 aromatic carbocycles. The standard InChI is InChI=1S/C17H23N5O2/c1-11-16(12(2)24-21-11)17(23)22-6-3-4-13(5-7-22)8-14-9-20-15(18)10-19-14/h9-10,13H,3-8H2,1-2H3,(H2,18,20)/t13-/m0/s1. The fraction of sp³-hybridized carbons (Fsp3) is 0.529. The molecule has 1 saturated heterocycles. The van der Waals surface area contributed by atoms with Crippen molar-refractivity contribution in [3.8, 4) is 0 Å². The highest BCUT2D eigenvalue weighted by molar-refractivity contribution is 5.96. The van der Waals surface area contributed by atoms with Crippen LogP contribution in [-0.4, -0.2) is 39.0 Å². The fourth-order valence-corrected chi connectivity index (χ4v) is 3.28. The fourth-order valence-electron chi connectivity index (χ4n) is 3.28. The van der Waals surface area contributed by atoms with Crippen molar-refractivity contribution >= 4 is 11.7 Å². The first-order chi connectivity index (χ1) is 11.5. The summed E-state index contributed by atoms with van der Waals surface area (Å²) in [4.78, 5) is 23.1. The Kier molecular flexibility index (Phi) is 4.78. The van der Waals surface area contributed by atoms with E-state index in [1.165, 1.54) is 0 Å². The van der Waals surface area contributed by atoms with E-state index in [1.54, 1.807) is 19.3 Å². The number of aryl methyl sites for hydroxylation is 2. The predicted octanol–water partition coefficient (Wildman–Crippen LogP) is 2.15. The number of nitrogens with zero attached hydrogens (tertiary/aromatic N) is 4. The lowest BCUT2D eigenvalue weighted by atomic mass is 9.95. The van der Waals surface area contributed by atoms with Gasteiger partial charge in [0, 0.05) is 13.1 Å². The van der Waals surface area contributed by atoms with E-state index in [0.29, 0.717) is 28.8 Å². The number of hydrogen-bond donors (Lipinski definition) is 1. The Labute approximate surface area is 141 Å². The molecule has 2 N–H and O–H groups in total. The molecular formula is C17H23N5O2. The third-order valence-corrected chi connectivity index (χ3v) is 4.61. The smallest absolute Gasteiger partial charge is 0.259 e. The lowest BCUT2D eigenvalue weighted by molar-refractivity contribution is 0.0757. The maximum absolute atomic E-state index is 12.7. The van der Waals surface area contributed by atoms with Crippen LogP contribution in [0, 0.1) is 19.8 Å². The summed E-state index contributed by atoms with van der Waals surface area (Å²) in [6.45, 7) is 5.11. The van der Waals surface area contributed by atoms with Crippen molar-refractivity contribution < 1.29 is 9.32 Å². The number of amides is 1. The second-order valence-corrected chi connectivity index (χ2v) is 6.43. The van der Waals surface area contributed by atoms with Crippen molar-refractivity contribution in [2.75, 3.05) is 18.8 Å². The predicted molar refractivity (Wildman–Crippen MR) is 89.4 cm³/mol. The molecule has 0 unspecified atom stereocenters. The second kappa shape index (κ2) is 6.98. The molecule has 1 amide bonds. The monoisotopic (exact) mass is 329 g/mol. The lowest BCUT2D eigenvalue weighted by Crippen LogP contribution is -2.32. The minimum Gasteiger partial charge on any atom is -0.382 e. The molecule has 7 nitrogen and oxygen atoms in total. The quantitative estimate of drug-likeness (QED) is 0.926. The Hall–Kier alpha value is -2.44. The molecule has 1 fully saturated rings. The molecule has 3 heterocycles. The summed E-state index contributed by atoms with van der Waals surface area (Å²) in [5.41, 5.74) is 7.81. The summed E-state index contributed by atoms with van der Waals surface area (Å²) in [5.74, 6) is 1.57. The lowest BCUT2D eigenvalue weighted by Gasteiger charge is -2.20. The van der Waals surface area contributed by atoms with Gasteiger partial charge in [-0.3, -0.25) is 9.78 Å². The van der Waals surface area contributed by atoms with Gasteiger partial charge in [0.15, 0.2) is 0 Å². The van der Waals surface area contributed by atoms with E-state index in [-0.39, 0.29) is 5.91 Å². The molecule has 128 valence electrons. The molecule has 0 radical (unpaired) electrons. The summed E-state index contributed by atoms with van der Waals surface area (Å²) in [6, 6.07) is 0. The number of rotatable bonds is 3. The Morgan fingerprint density at radius 2 is 2.12 bits per heavy atom. The van der Waals surface area contributed by atoms with E-state index in [4.69, 9.17) is 10.3 Å². The molecule has 0 saturated carbocycles. The highest BCUT2D eigenvalue weighted by atomic mass is 16.5. The van der Waals surface area contributed by atoms with Gasteiger partial charge in [0.05, 0.1) is 23.8 Å². The average molecular weight is 329 g/mol. The van der Waals surface area contributed by atoms with Crippen LogP contribution in [0.1, 0.15) is 46.8 Å². The molecule has 1 aliphatic heterocycles. The molecular weight excluding hydrogens is 306 g/mol. The Bertz CT molecular complexity index is 691. The minimum absolute atomic E-state index is 0.0270. The van der Waals surface area contributed by atoms with Gasteiger partial charge in [0.1, 0.15) is 17.1 Å². The Morgan fingerprint density at radius 3 is 2.79 bits per heavy atom. The van der Waals surface area contributed by atoms with Crippen molar-refractivity contribution in [3.05, 3.63) is 35.1 Å². The van der Waals surface area contributed by atoms with E-state index in [1.807, 2.05) is 11.8 Å². The Balaban J connectivity index is 1.62. The molecule has 0 spiro atoms. The largest absolute Gasteiger partial charge is 0.382 e. The van der Waals surface area contributed by atoms with Crippen molar-refractivity contribution in [2.24, 2.45) is 5.92 Å². The number of likely N-dealkylation sites (tertiary alicyclic amines) is 1. The summed E-state index contributed by atoms with van der Waals surface area (Å²) < 4.78 is 5.13. The first kappa shape index (κ1) is 16.4. The van der Waals surface area contributed by atoms with E-state index in [9.17, 15) is 4.79 Å². The molecule has 2 aromatic heterocycles. The maximum atomic E-state index is 12.7. The van der Waals surface area contributed by atoms with Gasteiger partial charge in [0.2, 0.25) is 0 Å². The van der Waals surface area contributed by atoms with Gasteiger partial charge in [0.25, 0.3) is 5.91 Å². The number of aromatic nitrogens is 3. The zero-order valence-electron chi connectivity index (χ0n) is 14.2. The van der Waals surface area contributed by atoms with Crippen LogP contribution in [0.2, 0.25) is 0 Å². The second-order valence-electron chi connectivity index (χ2n) is 6.43. The molecule has 2 aromatic rings. The summed E-state index contributed by atoms with van der Waals surface area (Å²) in [5, 5.41) is 3.89. The normalized spacial score (nSPS) is 18.4. The van der Waals surface area contributed by atoms with E-state index in [0.717, 1.165) is 44.5 Å². The molecule has 7 heteroatoms. The van der Waals surface area contributed by atoms with Gasteiger partial charge >= 0.3 is 0 Å². The zero-order chi connectivity index (χ0) is 17.1. The number of nitrogen functional groups attached to an aromatic ring is 1. The van der Waals surface area contributed by atoms with Crippen LogP contribution < -0.4 is 5.73 Å². The van der Waals surface area contributed by atoms with Crippen LogP contribution in [0.25, 0.3) is 0 Å². The van der Waals surface area contributed by atoms with Gasteiger partial charge in [-0.1, -0.05) is 5.16 Å². The van der Waals surface area contributed by atoms with Gasteiger partial charge in [-0.2, -0.15) is 0 Å². The van der Waals surface area contributed by atoms with Crippen molar-refractivity contribution in [2.45, 2.75) is 39.5 Å². The van der Waals surface area contributed by atoms with Gasteiger partial charge in [-0.05, 0) is 45.4 Å². The Morgan fingerprint density at radius 1 is 1.29 bits per heavy atom. The van der Waals surface area contributed by atoms with E-state index in [2.05, 4.69) is 15.1 Å². The van der Waals surface area contributed by atoms with Crippen LogP contribution in [0.5, 0.6) is 0 Å². The van der Waals surface area contributed by atoms with Crippen LogP contribution in [-0.2, 0) is 6.42 Å². The van der Waals surface area contributed by atoms with Gasteiger partial charge < -0.3 is 15.2 Å². The van der Waals surface area contributed by atoms with Crippen molar-refractivity contribution in [1.29, 1.82) is 0 Å². The highest BCUT2D eigenvalue weighted by Gasteiger charge is 2.26. The number of carbonyl (C=O) groups excluding carboxylic acids is 1. The molecule has 0 bridgehead atoms. The minimum atomic E-state index is 0.0270. The molecule has 3 rings (SSSR count). The molecule has 1 atom stereocenters. The number of hydrogen-bond acceptors (Lipinski definition) is 6. The van der Waals surface area contributed by atoms with E-state index >= 15 is 0 Å². The first-order valence-electron chi connectivity index (χ1n) is 8.33. The zero-order valence-corrected chi connectivity index (χ0v) is 14.2. The van der Waals surface area contributed by atoms with Crippen LogP contribution in [0.4, 0.5) is 5.82 Å². The van der Waals surface area contributed by atoms with Crippen molar-refractivity contribution in [3.63, 3.8) is 0 Å². The van der Waals surface area contributed by atoms with Crippen LogP contribution >= 0.6 is 0 Å². The van der Waals surface area contributed by atoms with Gasteiger partial charge in [-0.25, -0.2) is 4.98 Å². The summed E-state index contributed by atoms with van der Waals surface area (Å²) >= 11 is 0. The van der Waals surface area contributed by atoms with Gasteiger partial charge in [-0.15, -0.1) is 0 Å². The highest BCUT2D eigenvalue weighted by Crippen LogP contribution is 2.23. The molecule has 24 heavy (non-hydrogen) atoms. The average Bonchev–Trinajstić information content (AvgIpc) is 2.76. The van der Waals surface area contributed by atoms with Crippen LogP contribution in [0.3, 0.4) is 0 Å². The topological polar surface area (TPSA) is 98.1 Å². The van der Waals surface area contributed by atoms with Crippen molar-refractivity contribution in [1.82, 2.24) is 20.0 Å². The van der Waals surface area contributed by atoms with E-state index < -0.39 is 0 Å². The summed E-state index contributed by atoms with van der Waals surface area (Å²) in [6.07, 6.45) is 7.24. The number of carbonyl (C=O) groups is 1.